The summed E-state index contributed by atoms with van der Waals surface area (Å²) in [5.74, 6) is 0.463. The van der Waals surface area contributed by atoms with Crippen molar-refractivity contribution in [3.8, 4) is 0 Å². The number of allylic oxidation sites excluding steroid dienone is 2. The van der Waals surface area contributed by atoms with Crippen molar-refractivity contribution >= 4 is 6.29 Å². The van der Waals surface area contributed by atoms with E-state index in [-0.39, 0.29) is 5.92 Å². The van der Waals surface area contributed by atoms with Gasteiger partial charge >= 0.3 is 0 Å². The second-order valence-corrected chi connectivity index (χ2v) is 3.74. The molecule has 72 valence electrons. The molecule has 0 aliphatic heterocycles. The molecule has 2 atom stereocenters. The van der Waals surface area contributed by atoms with Crippen LogP contribution in [0, 0.1) is 5.92 Å². The van der Waals surface area contributed by atoms with Crippen LogP contribution in [0.5, 0.6) is 0 Å². The Hall–Kier alpha value is -1.37. The van der Waals surface area contributed by atoms with Crippen molar-refractivity contribution in [1.82, 2.24) is 0 Å². The minimum atomic E-state index is 0.169. The lowest BCUT2D eigenvalue weighted by atomic mass is 9.80. The monoisotopic (exact) mass is 186 g/mol. The van der Waals surface area contributed by atoms with Gasteiger partial charge in [0.1, 0.15) is 6.29 Å². The van der Waals surface area contributed by atoms with Gasteiger partial charge in [0.2, 0.25) is 0 Å². The van der Waals surface area contributed by atoms with Crippen molar-refractivity contribution in [2.45, 2.75) is 18.8 Å². The Labute approximate surface area is 84.5 Å². The fourth-order valence-electron chi connectivity index (χ4n) is 2.04. The van der Waals surface area contributed by atoms with Crippen molar-refractivity contribution in [2.75, 3.05) is 0 Å². The first-order valence-corrected chi connectivity index (χ1v) is 5.08. The van der Waals surface area contributed by atoms with E-state index in [9.17, 15) is 4.79 Å². The van der Waals surface area contributed by atoms with Gasteiger partial charge in [0.05, 0.1) is 0 Å². The van der Waals surface area contributed by atoms with E-state index in [0.29, 0.717) is 5.92 Å². The van der Waals surface area contributed by atoms with Crippen molar-refractivity contribution in [3.05, 3.63) is 48.0 Å². The Bertz CT molecular complexity index is 326. The summed E-state index contributed by atoms with van der Waals surface area (Å²) in [6, 6.07) is 10.2. The summed E-state index contributed by atoms with van der Waals surface area (Å²) >= 11 is 0. The largest absolute Gasteiger partial charge is 0.303 e. The molecule has 0 amide bonds. The summed E-state index contributed by atoms with van der Waals surface area (Å²) in [5.41, 5.74) is 1.25. The summed E-state index contributed by atoms with van der Waals surface area (Å²) in [7, 11) is 0. The van der Waals surface area contributed by atoms with Gasteiger partial charge in [-0.1, -0.05) is 42.5 Å². The van der Waals surface area contributed by atoms with Crippen LogP contribution in [0.25, 0.3) is 0 Å². The quantitative estimate of drug-likeness (QED) is 0.512. The maximum absolute atomic E-state index is 10.9. The Morgan fingerprint density at radius 2 is 2.00 bits per heavy atom. The van der Waals surface area contributed by atoms with Crippen LogP contribution in [0.4, 0.5) is 0 Å². The highest BCUT2D eigenvalue weighted by Crippen LogP contribution is 2.31. The molecule has 0 N–H and O–H groups in total. The fraction of sp³-hybridized carbons (Fsp3) is 0.308. The van der Waals surface area contributed by atoms with Crippen LogP contribution in [0.1, 0.15) is 24.3 Å². The first-order valence-electron chi connectivity index (χ1n) is 5.08. The van der Waals surface area contributed by atoms with Crippen molar-refractivity contribution in [2.24, 2.45) is 5.92 Å². The fourth-order valence-corrected chi connectivity index (χ4v) is 2.04. The number of benzene rings is 1. The SMILES string of the molecule is O=CC1CCC=CC1c1ccccc1. The van der Waals surface area contributed by atoms with Crippen LogP contribution in [-0.4, -0.2) is 6.29 Å². The molecule has 1 aromatic carbocycles. The molecule has 1 aromatic rings. The number of hydrogen-bond acceptors (Lipinski definition) is 1. The second-order valence-electron chi connectivity index (χ2n) is 3.74. The third-order valence-corrected chi connectivity index (χ3v) is 2.83. The molecule has 2 unspecified atom stereocenters. The zero-order valence-corrected chi connectivity index (χ0v) is 8.10. The van der Waals surface area contributed by atoms with E-state index in [2.05, 4.69) is 24.3 Å². The van der Waals surface area contributed by atoms with E-state index >= 15 is 0 Å². The molecule has 14 heavy (non-hydrogen) atoms. The van der Waals surface area contributed by atoms with Crippen LogP contribution in [0.3, 0.4) is 0 Å². The first-order chi connectivity index (χ1) is 6.92. The maximum Gasteiger partial charge on any atom is 0.124 e. The van der Waals surface area contributed by atoms with Gasteiger partial charge in [-0.2, -0.15) is 0 Å². The molecule has 0 saturated carbocycles. The highest BCUT2D eigenvalue weighted by atomic mass is 16.1. The number of hydrogen-bond donors (Lipinski definition) is 0. The molecule has 0 heterocycles. The summed E-state index contributed by atoms with van der Waals surface area (Å²) in [5, 5.41) is 0. The highest BCUT2D eigenvalue weighted by molar-refractivity contribution is 5.57. The molecule has 0 aromatic heterocycles. The number of aldehydes is 1. The van der Waals surface area contributed by atoms with Crippen molar-refractivity contribution in [1.29, 1.82) is 0 Å². The number of carbonyl (C=O) groups is 1. The number of carbonyl (C=O) groups excluding carboxylic acids is 1. The van der Waals surface area contributed by atoms with E-state index in [1.54, 1.807) is 0 Å². The first kappa shape index (κ1) is 9.20. The standard InChI is InChI=1S/C13H14O/c14-10-12-8-4-5-9-13(12)11-6-2-1-3-7-11/h1-3,5-7,9-10,12-13H,4,8H2. The predicted molar refractivity (Wildman–Crippen MR) is 57.1 cm³/mol. The Morgan fingerprint density at radius 1 is 1.21 bits per heavy atom. The lowest BCUT2D eigenvalue weighted by molar-refractivity contribution is -0.111. The van der Waals surface area contributed by atoms with Gasteiger partial charge in [0.25, 0.3) is 0 Å². The van der Waals surface area contributed by atoms with Crippen LogP contribution < -0.4 is 0 Å². The van der Waals surface area contributed by atoms with E-state index in [1.807, 2.05) is 18.2 Å². The van der Waals surface area contributed by atoms with Gasteiger partial charge in [0.15, 0.2) is 0 Å². The molecule has 0 saturated heterocycles. The van der Waals surface area contributed by atoms with Crippen LogP contribution in [0.2, 0.25) is 0 Å². The van der Waals surface area contributed by atoms with Crippen LogP contribution in [0.15, 0.2) is 42.5 Å². The molecule has 2 rings (SSSR count). The zero-order valence-electron chi connectivity index (χ0n) is 8.10. The molecular weight excluding hydrogens is 172 g/mol. The zero-order chi connectivity index (χ0) is 9.80. The number of rotatable bonds is 2. The van der Waals surface area contributed by atoms with Crippen LogP contribution in [-0.2, 0) is 4.79 Å². The van der Waals surface area contributed by atoms with Gasteiger partial charge in [0, 0.05) is 11.8 Å². The molecule has 1 aliphatic rings. The highest BCUT2D eigenvalue weighted by Gasteiger charge is 2.21. The molecule has 1 aliphatic carbocycles. The van der Waals surface area contributed by atoms with Crippen LogP contribution >= 0.6 is 0 Å². The molecule has 1 nitrogen and oxygen atoms in total. The minimum Gasteiger partial charge on any atom is -0.303 e. The van der Waals surface area contributed by atoms with Gasteiger partial charge in [-0.3, -0.25) is 0 Å². The summed E-state index contributed by atoms with van der Waals surface area (Å²) in [6.45, 7) is 0. The normalized spacial score (nSPS) is 26.0. The predicted octanol–water partition coefficient (Wildman–Crippen LogP) is 2.94. The summed E-state index contributed by atoms with van der Waals surface area (Å²) in [4.78, 5) is 10.9. The molecule has 0 bridgehead atoms. The molecule has 0 spiro atoms. The molecule has 0 radical (unpaired) electrons. The van der Waals surface area contributed by atoms with E-state index in [0.717, 1.165) is 19.1 Å². The van der Waals surface area contributed by atoms with E-state index in [1.165, 1.54) is 5.56 Å². The Balaban J connectivity index is 2.27. The maximum atomic E-state index is 10.9. The Morgan fingerprint density at radius 3 is 2.71 bits per heavy atom. The summed E-state index contributed by atoms with van der Waals surface area (Å²) < 4.78 is 0. The van der Waals surface area contributed by atoms with Gasteiger partial charge < -0.3 is 4.79 Å². The topological polar surface area (TPSA) is 17.1 Å². The smallest absolute Gasteiger partial charge is 0.124 e. The third-order valence-electron chi connectivity index (χ3n) is 2.83. The summed E-state index contributed by atoms with van der Waals surface area (Å²) in [6.07, 6.45) is 7.46. The molecular formula is C13H14O. The van der Waals surface area contributed by atoms with Gasteiger partial charge in [-0.15, -0.1) is 0 Å². The average molecular weight is 186 g/mol. The van der Waals surface area contributed by atoms with E-state index < -0.39 is 0 Å². The van der Waals surface area contributed by atoms with Crippen molar-refractivity contribution < 1.29 is 4.79 Å². The lowest BCUT2D eigenvalue weighted by Crippen LogP contribution is -2.15. The van der Waals surface area contributed by atoms with Gasteiger partial charge in [-0.05, 0) is 18.4 Å². The van der Waals surface area contributed by atoms with Crippen molar-refractivity contribution in [3.63, 3.8) is 0 Å². The second kappa shape index (κ2) is 4.23. The molecule has 0 fully saturated rings. The minimum absolute atomic E-state index is 0.169. The average Bonchev–Trinajstić information content (AvgIpc) is 2.30. The van der Waals surface area contributed by atoms with Gasteiger partial charge in [-0.25, -0.2) is 0 Å². The third kappa shape index (κ3) is 1.77. The van der Waals surface area contributed by atoms with E-state index in [4.69, 9.17) is 0 Å². The molecule has 1 heteroatoms. The Kier molecular flexibility index (Phi) is 2.78. The lowest BCUT2D eigenvalue weighted by Gasteiger charge is -2.23.